The molecule has 0 aliphatic carbocycles. The Morgan fingerprint density at radius 3 is 2.46 bits per heavy atom. The van der Waals surface area contributed by atoms with Crippen LogP contribution in [-0.2, 0) is 17.8 Å². The Kier molecular flexibility index (Phi) is 4.90. The van der Waals surface area contributed by atoms with Crippen molar-refractivity contribution in [2.24, 2.45) is 0 Å². The summed E-state index contributed by atoms with van der Waals surface area (Å²) in [6.07, 6.45) is 0.0488. The standard InChI is InChI=1S/C17H20N4O3/c22-15-10-14(18-17(24)19-15)11-16(23)21-8-6-20(7-9-21)12-13-4-2-1-3-5-13/h1-5,10H,6-9,11-12H2,(H2,18,19,22,24)/p+1. The van der Waals surface area contributed by atoms with Gasteiger partial charge in [-0.05, 0) is 0 Å². The Morgan fingerprint density at radius 1 is 1.08 bits per heavy atom. The molecule has 1 aromatic carbocycles. The van der Waals surface area contributed by atoms with Gasteiger partial charge in [-0.1, -0.05) is 30.3 Å². The van der Waals surface area contributed by atoms with Crippen LogP contribution in [0, 0.1) is 0 Å². The first-order valence-corrected chi connectivity index (χ1v) is 8.08. The lowest BCUT2D eigenvalue weighted by Gasteiger charge is -2.32. The van der Waals surface area contributed by atoms with Crippen molar-refractivity contribution in [1.29, 1.82) is 0 Å². The summed E-state index contributed by atoms with van der Waals surface area (Å²) in [5, 5.41) is 0. The van der Waals surface area contributed by atoms with Gasteiger partial charge in [-0.2, -0.15) is 0 Å². The summed E-state index contributed by atoms with van der Waals surface area (Å²) in [6.45, 7) is 4.13. The molecule has 0 radical (unpaired) electrons. The molecule has 1 aliphatic rings. The van der Waals surface area contributed by atoms with Crippen molar-refractivity contribution in [3.8, 4) is 0 Å². The summed E-state index contributed by atoms with van der Waals surface area (Å²) in [5.74, 6) is -0.0602. The van der Waals surface area contributed by atoms with Gasteiger partial charge in [0.25, 0.3) is 5.56 Å². The van der Waals surface area contributed by atoms with Crippen LogP contribution < -0.4 is 16.1 Å². The average Bonchev–Trinajstić information content (AvgIpc) is 2.55. The molecule has 0 unspecified atom stereocenters. The second-order valence-electron chi connectivity index (χ2n) is 6.08. The van der Waals surface area contributed by atoms with E-state index in [2.05, 4.69) is 22.1 Å². The number of nitrogens with zero attached hydrogens (tertiary/aromatic N) is 1. The normalized spacial score (nSPS) is 15.4. The second kappa shape index (κ2) is 7.27. The fourth-order valence-electron chi connectivity index (χ4n) is 3.02. The minimum absolute atomic E-state index is 0.0488. The number of carbonyl (C=O) groups is 1. The number of quaternary nitrogens is 1. The maximum atomic E-state index is 12.3. The number of hydrogen-bond donors (Lipinski definition) is 3. The van der Waals surface area contributed by atoms with E-state index in [1.54, 1.807) is 4.90 Å². The number of rotatable bonds is 4. The lowest BCUT2D eigenvalue weighted by molar-refractivity contribution is -0.917. The SMILES string of the molecule is O=C(Cc1cc(=O)[nH]c(=O)[nH]1)N1CC[NH+](Cc2ccccc2)CC1. The fraction of sp³-hybridized carbons (Fsp3) is 0.353. The number of aromatic nitrogens is 2. The van der Waals surface area contributed by atoms with Gasteiger partial charge in [-0.25, -0.2) is 4.79 Å². The van der Waals surface area contributed by atoms with E-state index in [4.69, 9.17) is 0 Å². The van der Waals surface area contributed by atoms with Gasteiger partial charge in [-0.3, -0.25) is 14.6 Å². The minimum Gasteiger partial charge on any atom is -0.331 e. The summed E-state index contributed by atoms with van der Waals surface area (Å²) in [7, 11) is 0. The molecular formula is C17H21N4O3+. The first kappa shape index (κ1) is 16.2. The van der Waals surface area contributed by atoms with Crippen LogP contribution >= 0.6 is 0 Å². The summed E-state index contributed by atoms with van der Waals surface area (Å²) >= 11 is 0. The largest absolute Gasteiger partial charge is 0.331 e. The molecule has 0 atom stereocenters. The van der Waals surface area contributed by atoms with Gasteiger partial charge in [0.1, 0.15) is 6.54 Å². The van der Waals surface area contributed by atoms with Crippen LogP contribution in [0.2, 0.25) is 0 Å². The molecule has 1 aliphatic heterocycles. The van der Waals surface area contributed by atoms with Crippen LogP contribution in [0.1, 0.15) is 11.3 Å². The van der Waals surface area contributed by atoms with Crippen LogP contribution in [0.5, 0.6) is 0 Å². The number of nitrogens with one attached hydrogen (secondary N) is 3. The van der Waals surface area contributed by atoms with Crippen LogP contribution in [0.15, 0.2) is 46.0 Å². The molecule has 0 saturated carbocycles. The summed E-state index contributed by atoms with van der Waals surface area (Å²) in [4.78, 5) is 42.7. The number of hydrogen-bond acceptors (Lipinski definition) is 3. The van der Waals surface area contributed by atoms with Crippen LogP contribution in [0.3, 0.4) is 0 Å². The van der Waals surface area contributed by atoms with Crippen molar-refractivity contribution < 1.29 is 9.69 Å². The number of H-pyrrole nitrogens is 2. The van der Waals surface area contributed by atoms with Gasteiger partial charge in [0.15, 0.2) is 0 Å². The summed E-state index contributed by atoms with van der Waals surface area (Å²) in [5.41, 5.74) is 0.585. The number of aromatic amines is 2. The van der Waals surface area contributed by atoms with Crippen molar-refractivity contribution in [2.75, 3.05) is 26.2 Å². The fourth-order valence-corrected chi connectivity index (χ4v) is 3.02. The van der Waals surface area contributed by atoms with E-state index in [1.165, 1.54) is 16.5 Å². The molecular weight excluding hydrogens is 308 g/mol. The van der Waals surface area contributed by atoms with Gasteiger partial charge in [-0.15, -0.1) is 0 Å². The average molecular weight is 329 g/mol. The maximum absolute atomic E-state index is 12.3. The molecule has 1 saturated heterocycles. The van der Waals surface area contributed by atoms with Crippen molar-refractivity contribution in [1.82, 2.24) is 14.9 Å². The number of benzene rings is 1. The lowest BCUT2D eigenvalue weighted by atomic mass is 10.2. The van der Waals surface area contributed by atoms with Gasteiger partial charge >= 0.3 is 5.69 Å². The Bertz CT molecular complexity index is 776. The number of amides is 1. The van der Waals surface area contributed by atoms with Crippen molar-refractivity contribution in [3.63, 3.8) is 0 Å². The van der Waals surface area contributed by atoms with E-state index >= 15 is 0 Å². The predicted octanol–water partition coefficient (Wildman–Crippen LogP) is -1.47. The van der Waals surface area contributed by atoms with Gasteiger partial charge in [0.05, 0.1) is 32.6 Å². The Labute approximate surface area is 138 Å². The zero-order chi connectivity index (χ0) is 16.9. The topological polar surface area (TPSA) is 90.5 Å². The van der Waals surface area contributed by atoms with E-state index in [9.17, 15) is 14.4 Å². The molecule has 24 heavy (non-hydrogen) atoms. The Morgan fingerprint density at radius 2 is 1.79 bits per heavy atom. The molecule has 3 rings (SSSR count). The highest BCUT2D eigenvalue weighted by molar-refractivity contribution is 5.78. The lowest BCUT2D eigenvalue weighted by Crippen LogP contribution is -3.13. The van der Waals surface area contributed by atoms with Crippen molar-refractivity contribution in [2.45, 2.75) is 13.0 Å². The molecule has 0 spiro atoms. The van der Waals surface area contributed by atoms with Crippen molar-refractivity contribution in [3.05, 3.63) is 68.5 Å². The molecule has 1 aromatic heterocycles. The van der Waals surface area contributed by atoms with Crippen molar-refractivity contribution >= 4 is 5.91 Å². The highest BCUT2D eigenvalue weighted by Crippen LogP contribution is 1.99. The van der Waals surface area contributed by atoms with Crippen LogP contribution in [0.4, 0.5) is 0 Å². The molecule has 2 aromatic rings. The molecule has 126 valence electrons. The minimum atomic E-state index is -0.581. The molecule has 3 N–H and O–H groups in total. The first-order valence-electron chi connectivity index (χ1n) is 8.08. The van der Waals surface area contributed by atoms with Gasteiger partial charge in [0, 0.05) is 17.3 Å². The highest BCUT2D eigenvalue weighted by atomic mass is 16.2. The zero-order valence-electron chi connectivity index (χ0n) is 13.4. The molecule has 7 nitrogen and oxygen atoms in total. The van der Waals surface area contributed by atoms with Gasteiger partial charge < -0.3 is 14.8 Å². The quantitative estimate of drug-likeness (QED) is 0.640. The summed E-state index contributed by atoms with van der Waals surface area (Å²) in [6, 6.07) is 11.6. The van der Waals surface area contributed by atoms with Crippen LogP contribution in [-0.4, -0.2) is 47.0 Å². The van der Waals surface area contributed by atoms with E-state index < -0.39 is 11.2 Å². The predicted molar refractivity (Wildman–Crippen MR) is 88.8 cm³/mol. The number of carbonyl (C=O) groups excluding carboxylic acids is 1. The summed E-state index contributed by atoms with van der Waals surface area (Å²) < 4.78 is 0. The van der Waals surface area contributed by atoms with E-state index in [0.29, 0.717) is 18.8 Å². The van der Waals surface area contributed by atoms with Gasteiger partial charge in [0.2, 0.25) is 5.91 Å². The smallest absolute Gasteiger partial charge is 0.325 e. The molecule has 1 fully saturated rings. The molecule has 7 heteroatoms. The third-order valence-corrected chi connectivity index (χ3v) is 4.28. The van der Waals surface area contributed by atoms with E-state index in [1.807, 2.05) is 18.2 Å². The second-order valence-corrected chi connectivity index (χ2v) is 6.08. The molecule has 0 bridgehead atoms. The Hall–Kier alpha value is -2.67. The Balaban J connectivity index is 1.53. The zero-order valence-corrected chi connectivity index (χ0v) is 13.4. The number of piperazine rings is 1. The maximum Gasteiger partial charge on any atom is 0.325 e. The third kappa shape index (κ3) is 4.20. The first-order chi connectivity index (χ1) is 11.6. The van der Waals surface area contributed by atoms with E-state index in [-0.39, 0.29) is 12.3 Å². The molecule has 2 heterocycles. The highest BCUT2D eigenvalue weighted by Gasteiger charge is 2.23. The monoisotopic (exact) mass is 329 g/mol. The van der Waals surface area contributed by atoms with Crippen LogP contribution in [0.25, 0.3) is 0 Å². The molecule has 1 amide bonds. The van der Waals surface area contributed by atoms with E-state index in [0.717, 1.165) is 19.6 Å². The third-order valence-electron chi connectivity index (χ3n) is 4.28.